The molecule has 2 heterocycles. The van der Waals surface area contributed by atoms with E-state index in [0.29, 0.717) is 22.2 Å². The summed E-state index contributed by atoms with van der Waals surface area (Å²) in [6.07, 6.45) is 1.71. The number of hydrogen-bond donors (Lipinski definition) is 0. The van der Waals surface area contributed by atoms with Gasteiger partial charge in [-0.3, -0.25) is 14.4 Å². The number of ketones is 3. The number of carbonyl (C=O) groups excluding carboxylic acids is 3. The van der Waals surface area contributed by atoms with Crippen LogP contribution in [0.3, 0.4) is 0 Å². The van der Waals surface area contributed by atoms with Gasteiger partial charge in [-0.05, 0) is 19.1 Å². The molecule has 0 N–H and O–H groups in total. The Morgan fingerprint density at radius 2 is 1.55 bits per heavy atom. The first-order valence-electron chi connectivity index (χ1n) is 6.93. The van der Waals surface area contributed by atoms with Gasteiger partial charge in [0, 0.05) is 17.3 Å². The molecule has 2 aromatic heterocycles. The number of fused-ring (bicyclic) bond motifs is 4. The van der Waals surface area contributed by atoms with Gasteiger partial charge in [0.2, 0.25) is 5.78 Å². The van der Waals surface area contributed by atoms with Crippen molar-refractivity contribution < 1.29 is 14.4 Å². The van der Waals surface area contributed by atoms with Crippen molar-refractivity contribution in [3.63, 3.8) is 0 Å². The van der Waals surface area contributed by atoms with Crippen molar-refractivity contribution in [1.29, 1.82) is 0 Å². The fourth-order valence-electron chi connectivity index (χ4n) is 3.15. The van der Waals surface area contributed by atoms with Crippen LogP contribution in [0.4, 0.5) is 0 Å². The van der Waals surface area contributed by atoms with Gasteiger partial charge in [0.05, 0.1) is 16.6 Å². The number of nitrogens with zero attached hydrogens (tertiary/aromatic N) is 1. The predicted molar refractivity (Wildman–Crippen MR) is 80.7 cm³/mol. The van der Waals surface area contributed by atoms with Crippen LogP contribution in [0, 0.1) is 0 Å². The van der Waals surface area contributed by atoms with Crippen molar-refractivity contribution in [3.8, 4) is 0 Å². The normalized spacial score (nSPS) is 13.1. The molecule has 0 bridgehead atoms. The maximum absolute atomic E-state index is 12.8. The average molecular weight is 289 g/mol. The van der Waals surface area contributed by atoms with Crippen LogP contribution in [0.25, 0.3) is 5.52 Å². The SMILES string of the molecule is CC(=O)c1c2c(n3ccccc13)C(=O)c1ccccc1C2=O. The van der Waals surface area contributed by atoms with Crippen LogP contribution in [-0.2, 0) is 0 Å². The van der Waals surface area contributed by atoms with Crippen LogP contribution < -0.4 is 0 Å². The van der Waals surface area contributed by atoms with Crippen molar-refractivity contribution in [2.75, 3.05) is 0 Å². The summed E-state index contributed by atoms with van der Waals surface area (Å²) >= 11 is 0. The minimum Gasteiger partial charge on any atom is -0.312 e. The Bertz CT molecular complexity index is 995. The van der Waals surface area contributed by atoms with E-state index in [9.17, 15) is 14.4 Å². The second kappa shape index (κ2) is 4.24. The molecule has 1 aliphatic rings. The molecular weight excluding hydrogens is 278 g/mol. The van der Waals surface area contributed by atoms with E-state index in [0.717, 1.165) is 0 Å². The van der Waals surface area contributed by atoms with Gasteiger partial charge in [0.15, 0.2) is 11.6 Å². The van der Waals surface area contributed by atoms with E-state index in [1.54, 1.807) is 53.1 Å². The molecule has 0 fully saturated rings. The Morgan fingerprint density at radius 3 is 2.23 bits per heavy atom. The topological polar surface area (TPSA) is 55.6 Å². The van der Waals surface area contributed by atoms with Gasteiger partial charge in [0.25, 0.3) is 0 Å². The molecule has 22 heavy (non-hydrogen) atoms. The highest BCUT2D eigenvalue weighted by Crippen LogP contribution is 2.33. The molecular formula is C18H11NO3. The summed E-state index contributed by atoms with van der Waals surface area (Å²) in [6, 6.07) is 12.0. The van der Waals surface area contributed by atoms with Gasteiger partial charge in [-0.2, -0.15) is 0 Å². The van der Waals surface area contributed by atoms with E-state index in [-0.39, 0.29) is 28.6 Å². The quantitative estimate of drug-likeness (QED) is 0.506. The van der Waals surface area contributed by atoms with Gasteiger partial charge in [-0.15, -0.1) is 0 Å². The summed E-state index contributed by atoms with van der Waals surface area (Å²) in [5, 5.41) is 0. The molecule has 4 heteroatoms. The van der Waals surface area contributed by atoms with Crippen LogP contribution in [0.15, 0.2) is 48.7 Å². The minimum absolute atomic E-state index is 0.217. The van der Waals surface area contributed by atoms with Crippen LogP contribution in [0.2, 0.25) is 0 Å². The fraction of sp³-hybridized carbons (Fsp3) is 0.0556. The van der Waals surface area contributed by atoms with Gasteiger partial charge in [0.1, 0.15) is 5.69 Å². The van der Waals surface area contributed by atoms with Crippen molar-refractivity contribution >= 4 is 22.9 Å². The maximum atomic E-state index is 12.8. The van der Waals surface area contributed by atoms with Crippen LogP contribution in [0.1, 0.15) is 49.3 Å². The smallest absolute Gasteiger partial charge is 0.211 e. The Hall–Kier alpha value is -3.01. The first kappa shape index (κ1) is 12.7. The Balaban J connectivity index is 2.20. The number of carbonyl (C=O) groups is 3. The number of aromatic nitrogens is 1. The average Bonchev–Trinajstić information content (AvgIpc) is 2.88. The van der Waals surface area contributed by atoms with E-state index in [4.69, 9.17) is 0 Å². The van der Waals surface area contributed by atoms with Crippen molar-refractivity contribution in [3.05, 3.63) is 76.6 Å². The zero-order valence-electron chi connectivity index (χ0n) is 11.8. The van der Waals surface area contributed by atoms with E-state index < -0.39 is 0 Å². The highest BCUT2D eigenvalue weighted by Gasteiger charge is 2.36. The van der Waals surface area contributed by atoms with Crippen LogP contribution in [-0.4, -0.2) is 21.8 Å². The third-order valence-corrected chi connectivity index (χ3v) is 4.05. The highest BCUT2D eigenvalue weighted by atomic mass is 16.1. The van der Waals surface area contributed by atoms with Crippen LogP contribution in [0.5, 0.6) is 0 Å². The van der Waals surface area contributed by atoms with Crippen molar-refractivity contribution in [2.24, 2.45) is 0 Å². The molecule has 0 saturated heterocycles. The lowest BCUT2D eigenvalue weighted by molar-refractivity contribution is 0.0967. The molecule has 1 aromatic carbocycles. The second-order valence-corrected chi connectivity index (χ2v) is 5.31. The number of benzene rings is 1. The summed E-state index contributed by atoms with van der Waals surface area (Å²) < 4.78 is 1.64. The van der Waals surface area contributed by atoms with E-state index in [1.807, 2.05) is 0 Å². The minimum atomic E-state index is -0.265. The summed E-state index contributed by atoms with van der Waals surface area (Å²) in [5.41, 5.74) is 2.17. The third-order valence-electron chi connectivity index (χ3n) is 4.05. The van der Waals surface area contributed by atoms with E-state index >= 15 is 0 Å². The molecule has 1 aliphatic carbocycles. The van der Waals surface area contributed by atoms with Gasteiger partial charge < -0.3 is 4.40 Å². The molecule has 0 atom stereocenters. The lowest BCUT2D eigenvalue weighted by Crippen LogP contribution is -2.22. The Kier molecular flexibility index (Phi) is 2.45. The summed E-state index contributed by atoms with van der Waals surface area (Å²) in [7, 11) is 0. The predicted octanol–water partition coefficient (Wildman–Crippen LogP) is 2.92. The first-order valence-corrected chi connectivity index (χ1v) is 6.93. The zero-order chi connectivity index (χ0) is 15.4. The molecule has 0 aliphatic heterocycles. The first-order chi connectivity index (χ1) is 10.6. The monoisotopic (exact) mass is 289 g/mol. The number of Topliss-reactive ketones (excluding diaryl/α,β-unsaturated/α-hetero) is 1. The molecule has 0 saturated carbocycles. The van der Waals surface area contributed by atoms with Gasteiger partial charge in [-0.25, -0.2) is 0 Å². The third kappa shape index (κ3) is 1.44. The fourth-order valence-corrected chi connectivity index (χ4v) is 3.15. The molecule has 0 amide bonds. The molecule has 106 valence electrons. The zero-order valence-corrected chi connectivity index (χ0v) is 11.8. The van der Waals surface area contributed by atoms with Crippen molar-refractivity contribution in [2.45, 2.75) is 6.92 Å². The Labute approximate surface area is 126 Å². The molecule has 4 rings (SSSR count). The summed E-state index contributed by atoms with van der Waals surface area (Å²) in [5.74, 6) is -0.705. The van der Waals surface area contributed by atoms with E-state index in [2.05, 4.69) is 0 Å². The number of rotatable bonds is 1. The second-order valence-electron chi connectivity index (χ2n) is 5.31. The summed E-state index contributed by atoms with van der Waals surface area (Å²) in [4.78, 5) is 37.7. The Morgan fingerprint density at radius 1 is 0.909 bits per heavy atom. The summed E-state index contributed by atoms with van der Waals surface area (Å²) in [6.45, 7) is 1.42. The lowest BCUT2D eigenvalue weighted by Gasteiger charge is -2.15. The largest absolute Gasteiger partial charge is 0.312 e. The number of hydrogen-bond acceptors (Lipinski definition) is 3. The van der Waals surface area contributed by atoms with Gasteiger partial charge in [-0.1, -0.05) is 30.3 Å². The molecule has 0 spiro atoms. The molecule has 0 unspecified atom stereocenters. The van der Waals surface area contributed by atoms with Gasteiger partial charge >= 0.3 is 0 Å². The molecule has 0 radical (unpaired) electrons. The number of pyridine rings is 1. The molecule has 3 aromatic rings. The maximum Gasteiger partial charge on any atom is 0.211 e. The van der Waals surface area contributed by atoms with E-state index in [1.165, 1.54) is 6.92 Å². The molecule has 4 nitrogen and oxygen atoms in total. The lowest BCUT2D eigenvalue weighted by atomic mass is 9.86. The van der Waals surface area contributed by atoms with Crippen molar-refractivity contribution in [1.82, 2.24) is 4.40 Å². The van der Waals surface area contributed by atoms with Crippen LogP contribution >= 0.6 is 0 Å². The highest BCUT2D eigenvalue weighted by molar-refractivity contribution is 6.32. The standard InChI is InChI=1S/C18H11NO3/c1-10(20)14-13-8-4-5-9-19(13)16-15(14)17(21)11-6-2-3-7-12(11)18(16)22/h2-9H,1H3.